The Kier molecular flexibility index (Phi) is 6.19. The number of fused-ring (bicyclic) bond motifs is 1. The molecule has 8 nitrogen and oxygen atoms in total. The first kappa shape index (κ1) is 24.9. The summed E-state index contributed by atoms with van der Waals surface area (Å²) in [5.74, 6) is 0.354. The van der Waals surface area contributed by atoms with Crippen LogP contribution in [0.2, 0.25) is 0 Å². The van der Waals surface area contributed by atoms with Gasteiger partial charge in [0.2, 0.25) is 0 Å². The number of nitrogens with zero attached hydrogens (tertiary/aromatic N) is 4. The van der Waals surface area contributed by atoms with Crippen LogP contribution >= 0.6 is 0 Å². The van der Waals surface area contributed by atoms with Crippen molar-refractivity contribution in [3.63, 3.8) is 0 Å². The molecule has 8 heteroatoms. The van der Waals surface area contributed by atoms with Gasteiger partial charge in [-0.05, 0) is 63.3 Å². The minimum atomic E-state index is -0.673. The van der Waals surface area contributed by atoms with Crippen LogP contribution in [0.4, 0.5) is 5.69 Å². The maximum absolute atomic E-state index is 13.9. The van der Waals surface area contributed by atoms with Gasteiger partial charge in [0.1, 0.15) is 11.9 Å². The van der Waals surface area contributed by atoms with E-state index in [0.29, 0.717) is 18.2 Å². The lowest BCUT2D eigenvalue weighted by Crippen LogP contribution is -2.51. The molecule has 3 heterocycles. The number of likely N-dealkylation sites (N-methyl/N-ethyl adjacent to an activating group) is 1. The summed E-state index contributed by atoms with van der Waals surface area (Å²) in [6.45, 7) is 7.06. The summed E-state index contributed by atoms with van der Waals surface area (Å²) >= 11 is 0. The average Bonchev–Trinajstić information content (AvgIpc) is 3.37. The Morgan fingerprint density at radius 1 is 1.22 bits per heavy atom. The third kappa shape index (κ3) is 4.12. The fourth-order valence-electron chi connectivity index (χ4n) is 5.99. The Hall–Kier alpha value is -2.78. The zero-order chi connectivity index (χ0) is 25.8. The van der Waals surface area contributed by atoms with Gasteiger partial charge in [-0.3, -0.25) is 9.78 Å². The van der Waals surface area contributed by atoms with E-state index in [1.807, 2.05) is 47.2 Å². The van der Waals surface area contributed by atoms with Gasteiger partial charge >= 0.3 is 0 Å². The summed E-state index contributed by atoms with van der Waals surface area (Å²) in [4.78, 5) is 20.5. The van der Waals surface area contributed by atoms with Crippen molar-refractivity contribution >= 4 is 22.5 Å². The zero-order valence-corrected chi connectivity index (χ0v) is 21.8. The second-order valence-corrected chi connectivity index (χ2v) is 11.1. The summed E-state index contributed by atoms with van der Waals surface area (Å²) in [5.41, 5.74) is 9.00. The summed E-state index contributed by atoms with van der Waals surface area (Å²) < 4.78 is 7.96. The van der Waals surface area contributed by atoms with Crippen LogP contribution in [0.3, 0.4) is 0 Å². The number of carbonyl (C=O) groups is 1. The lowest BCUT2D eigenvalue weighted by molar-refractivity contribution is -0.120. The topological polar surface area (TPSA) is 96.8 Å². The fraction of sp³-hybridized carbons (Fsp3) is 0.500. The number of hydrogen-bond donors (Lipinski definition) is 2. The van der Waals surface area contributed by atoms with E-state index < -0.39 is 11.7 Å². The van der Waals surface area contributed by atoms with Gasteiger partial charge in [0, 0.05) is 43.4 Å². The number of benzene rings is 1. The van der Waals surface area contributed by atoms with Crippen molar-refractivity contribution in [3.8, 4) is 0 Å². The van der Waals surface area contributed by atoms with E-state index in [1.54, 1.807) is 19.0 Å². The Morgan fingerprint density at radius 3 is 2.53 bits per heavy atom. The second-order valence-electron chi connectivity index (χ2n) is 11.1. The van der Waals surface area contributed by atoms with Crippen LogP contribution in [-0.2, 0) is 10.3 Å². The van der Waals surface area contributed by atoms with Crippen LogP contribution in [0.5, 0.6) is 0 Å². The molecule has 2 aliphatic rings. The van der Waals surface area contributed by atoms with Crippen molar-refractivity contribution in [1.29, 1.82) is 0 Å². The molecule has 0 bridgehead atoms. The van der Waals surface area contributed by atoms with Gasteiger partial charge in [-0.15, -0.1) is 0 Å². The second kappa shape index (κ2) is 8.95. The minimum absolute atomic E-state index is 0.127. The minimum Gasteiger partial charge on any atom is -0.376 e. The van der Waals surface area contributed by atoms with Crippen LogP contribution in [0.25, 0.3) is 10.9 Å². The first-order valence-corrected chi connectivity index (χ1v) is 12.7. The molecule has 1 aliphatic heterocycles. The highest BCUT2D eigenvalue weighted by Gasteiger charge is 2.60. The normalized spacial score (nSPS) is 26.2. The van der Waals surface area contributed by atoms with Crippen molar-refractivity contribution < 1.29 is 14.7 Å². The summed E-state index contributed by atoms with van der Waals surface area (Å²) in [6, 6.07) is 13.7. The molecule has 2 aromatic heterocycles. The Morgan fingerprint density at radius 2 is 1.92 bits per heavy atom. The molecular formula is C28H37N5O3. The molecule has 1 amide bonds. The molecule has 2 fully saturated rings. The number of ether oxygens (including phenoxy) is 1. The van der Waals surface area contributed by atoms with E-state index >= 15 is 0 Å². The molecule has 3 aromatic rings. The molecule has 36 heavy (non-hydrogen) atoms. The lowest BCUT2D eigenvalue weighted by Gasteiger charge is -2.35. The van der Waals surface area contributed by atoms with Crippen LogP contribution < -0.4 is 10.6 Å². The lowest BCUT2D eigenvalue weighted by atomic mass is 9.86. The fourth-order valence-corrected chi connectivity index (χ4v) is 5.99. The Balaban J connectivity index is 1.64. The smallest absolute Gasteiger partial charge is 0.274 e. The molecule has 4 atom stereocenters. The van der Waals surface area contributed by atoms with Gasteiger partial charge in [0.25, 0.3) is 5.91 Å². The van der Waals surface area contributed by atoms with E-state index in [9.17, 15) is 10.0 Å². The van der Waals surface area contributed by atoms with Gasteiger partial charge in [-0.25, -0.2) is 0 Å². The predicted octanol–water partition coefficient (Wildman–Crippen LogP) is 4.33. The van der Waals surface area contributed by atoms with Crippen molar-refractivity contribution in [1.82, 2.24) is 14.6 Å². The Bertz CT molecular complexity index is 1270. The maximum atomic E-state index is 13.9. The van der Waals surface area contributed by atoms with Crippen LogP contribution in [0.15, 0.2) is 48.7 Å². The van der Waals surface area contributed by atoms with Gasteiger partial charge in [0.05, 0.1) is 22.9 Å². The largest absolute Gasteiger partial charge is 0.376 e. The van der Waals surface area contributed by atoms with Crippen molar-refractivity contribution in [2.45, 2.75) is 63.3 Å². The molecule has 1 aliphatic carbocycles. The highest BCUT2D eigenvalue weighted by molar-refractivity contribution is 6.07. The van der Waals surface area contributed by atoms with Crippen molar-refractivity contribution in [2.24, 2.45) is 11.7 Å². The number of anilines is 1. The molecule has 2 unspecified atom stereocenters. The number of nitrogens with two attached hydrogens (primary N) is 1. The van der Waals surface area contributed by atoms with Crippen molar-refractivity contribution in [2.75, 3.05) is 25.6 Å². The SMILES string of the molecule is C[C@H]1C[C@]1(C(N)N(C)O)n1c(C(=O)N(C)c2ccccc2)cc2cc(C3CCOC(C)(C)C3)ncc21. The monoisotopic (exact) mass is 491 g/mol. The third-order valence-corrected chi connectivity index (χ3v) is 8.15. The van der Waals surface area contributed by atoms with Gasteiger partial charge < -0.3 is 25.1 Å². The molecule has 0 radical (unpaired) electrons. The first-order valence-electron chi connectivity index (χ1n) is 12.7. The van der Waals surface area contributed by atoms with Gasteiger partial charge in [-0.1, -0.05) is 25.1 Å². The number of hydroxylamine groups is 2. The number of aromatic nitrogens is 2. The highest BCUT2D eigenvalue weighted by atomic mass is 16.5. The summed E-state index contributed by atoms with van der Waals surface area (Å²) in [5, 5.41) is 12.3. The highest BCUT2D eigenvalue weighted by Crippen LogP contribution is 2.55. The van der Waals surface area contributed by atoms with E-state index in [0.717, 1.165) is 46.6 Å². The molecule has 1 saturated carbocycles. The van der Waals surface area contributed by atoms with E-state index in [4.69, 9.17) is 15.5 Å². The number of hydrogen-bond acceptors (Lipinski definition) is 6. The Labute approximate surface area is 212 Å². The van der Waals surface area contributed by atoms with Gasteiger partial charge in [0.15, 0.2) is 0 Å². The van der Waals surface area contributed by atoms with Crippen LogP contribution in [0, 0.1) is 5.92 Å². The molecule has 192 valence electrons. The molecular weight excluding hydrogens is 454 g/mol. The molecule has 1 aromatic carbocycles. The third-order valence-electron chi connectivity index (χ3n) is 8.15. The zero-order valence-electron chi connectivity index (χ0n) is 21.8. The van der Waals surface area contributed by atoms with E-state index in [1.165, 1.54) is 0 Å². The molecule has 0 spiro atoms. The summed E-state index contributed by atoms with van der Waals surface area (Å²) in [6.07, 6.45) is 3.78. The van der Waals surface area contributed by atoms with Gasteiger partial charge in [-0.2, -0.15) is 5.06 Å². The number of carbonyl (C=O) groups excluding carboxylic acids is 1. The molecule has 5 rings (SSSR count). The van der Waals surface area contributed by atoms with Crippen LogP contribution in [-0.4, -0.2) is 58.2 Å². The van der Waals surface area contributed by atoms with Crippen molar-refractivity contribution in [3.05, 3.63) is 60.0 Å². The number of pyridine rings is 1. The number of amides is 1. The van der Waals surface area contributed by atoms with E-state index in [2.05, 4.69) is 26.8 Å². The number of rotatable bonds is 6. The standard InChI is InChI=1S/C28H37N5O3/c1-18-15-28(18,26(29)32(5)35)33-23(25(34)31(4)21-9-7-6-8-10-21)14-20-13-22(30-17-24(20)33)19-11-12-36-27(2,3)16-19/h6-10,13-14,17-19,26,35H,11-12,15-16,29H2,1-5H3/t18-,19?,26?,28-/m0/s1. The van der Waals surface area contributed by atoms with Crippen LogP contribution in [0.1, 0.15) is 62.1 Å². The first-order chi connectivity index (χ1) is 17.0. The average molecular weight is 492 g/mol. The number of para-hydroxylation sites is 1. The van der Waals surface area contributed by atoms with E-state index in [-0.39, 0.29) is 17.4 Å². The molecule has 1 saturated heterocycles. The maximum Gasteiger partial charge on any atom is 0.274 e. The quantitative estimate of drug-likeness (QED) is 0.394. The molecule has 3 N–H and O–H groups in total. The summed E-state index contributed by atoms with van der Waals surface area (Å²) in [7, 11) is 3.35. The predicted molar refractivity (Wildman–Crippen MR) is 140 cm³/mol.